The van der Waals surface area contributed by atoms with E-state index in [2.05, 4.69) is 66.1 Å². The molecule has 3 aromatic rings. The quantitative estimate of drug-likeness (QED) is 0.530. The number of para-hydroxylation sites is 1. The highest BCUT2D eigenvalue weighted by Crippen LogP contribution is 2.42. The Hall–Kier alpha value is -2.44. The van der Waals surface area contributed by atoms with Crippen molar-refractivity contribution in [2.24, 2.45) is 0 Å². The number of carbonyl (C=O) groups is 1. The summed E-state index contributed by atoms with van der Waals surface area (Å²) in [6.07, 6.45) is 3.14. The number of aryl methyl sites for hydroxylation is 1. The van der Waals surface area contributed by atoms with Crippen molar-refractivity contribution >= 4 is 39.0 Å². The first-order chi connectivity index (χ1) is 15.9. The Morgan fingerprint density at radius 3 is 2.61 bits per heavy atom. The number of rotatable bonds is 5. The lowest BCUT2D eigenvalue weighted by Gasteiger charge is -2.40. The molecule has 0 spiro atoms. The van der Waals surface area contributed by atoms with E-state index in [1.807, 2.05) is 4.90 Å². The third kappa shape index (κ3) is 4.38. The Morgan fingerprint density at radius 2 is 1.82 bits per heavy atom. The molecule has 2 aromatic carbocycles. The van der Waals surface area contributed by atoms with E-state index in [0.29, 0.717) is 0 Å². The lowest BCUT2D eigenvalue weighted by atomic mass is 9.76. The number of nitrogens with zero attached hydrogens (tertiary/aromatic N) is 4. The highest BCUT2D eigenvalue weighted by Gasteiger charge is 2.34. The van der Waals surface area contributed by atoms with Crippen molar-refractivity contribution in [1.82, 2.24) is 9.27 Å². The van der Waals surface area contributed by atoms with Gasteiger partial charge < -0.3 is 9.80 Å². The molecule has 0 radical (unpaired) electrons. The topological polar surface area (TPSA) is 39.7 Å². The van der Waals surface area contributed by atoms with Gasteiger partial charge in [0.15, 0.2) is 0 Å². The summed E-state index contributed by atoms with van der Waals surface area (Å²) in [5.41, 5.74) is 3.95. The van der Waals surface area contributed by atoms with Gasteiger partial charge in [0.2, 0.25) is 5.91 Å². The number of amides is 1. The predicted molar refractivity (Wildman–Crippen MR) is 139 cm³/mol. The second-order valence-electron chi connectivity index (χ2n) is 10.1. The van der Waals surface area contributed by atoms with Crippen LogP contribution >= 0.6 is 11.5 Å². The number of hydrogen-bond acceptors (Lipinski definition) is 5. The van der Waals surface area contributed by atoms with Crippen molar-refractivity contribution in [3.63, 3.8) is 0 Å². The lowest BCUT2D eigenvalue weighted by Crippen LogP contribution is -2.46. The van der Waals surface area contributed by atoms with E-state index < -0.39 is 0 Å². The fourth-order valence-corrected chi connectivity index (χ4v) is 6.18. The van der Waals surface area contributed by atoms with Crippen molar-refractivity contribution in [2.45, 2.75) is 45.4 Å². The fourth-order valence-electron chi connectivity index (χ4n) is 5.39. The van der Waals surface area contributed by atoms with Crippen LogP contribution in [0.5, 0.6) is 0 Å². The van der Waals surface area contributed by atoms with Gasteiger partial charge in [-0.15, -0.1) is 0 Å². The second-order valence-corrected chi connectivity index (χ2v) is 10.9. The predicted octanol–water partition coefficient (Wildman–Crippen LogP) is 5.09. The molecule has 5 rings (SSSR count). The maximum absolute atomic E-state index is 12.4. The number of fused-ring (bicyclic) bond motifs is 2. The average molecular weight is 463 g/mol. The van der Waals surface area contributed by atoms with Crippen molar-refractivity contribution in [1.29, 1.82) is 0 Å². The number of aromatic nitrogens is 1. The molecule has 1 aromatic heterocycles. The van der Waals surface area contributed by atoms with E-state index in [1.165, 1.54) is 26.9 Å². The molecule has 2 aliphatic rings. The molecule has 1 amide bonds. The highest BCUT2D eigenvalue weighted by molar-refractivity contribution is 7.13. The van der Waals surface area contributed by atoms with Crippen LogP contribution in [0.15, 0.2) is 42.5 Å². The van der Waals surface area contributed by atoms with Gasteiger partial charge >= 0.3 is 0 Å². The Morgan fingerprint density at radius 1 is 1.03 bits per heavy atom. The summed E-state index contributed by atoms with van der Waals surface area (Å²) < 4.78 is 6.00. The van der Waals surface area contributed by atoms with E-state index in [4.69, 9.17) is 4.37 Å². The molecule has 0 atom stereocenters. The number of benzene rings is 2. The number of carbonyl (C=O) groups excluding carboxylic acids is 1. The number of anilines is 2. The second kappa shape index (κ2) is 9.07. The van der Waals surface area contributed by atoms with E-state index in [1.54, 1.807) is 18.5 Å². The Kier molecular flexibility index (Phi) is 6.14. The third-order valence-corrected chi connectivity index (χ3v) is 8.23. The van der Waals surface area contributed by atoms with Crippen LogP contribution in [0.1, 0.15) is 44.7 Å². The molecule has 2 aliphatic heterocycles. The van der Waals surface area contributed by atoms with Gasteiger partial charge in [0.05, 0.1) is 10.4 Å². The van der Waals surface area contributed by atoms with Crippen molar-refractivity contribution in [2.75, 3.05) is 49.1 Å². The first kappa shape index (κ1) is 22.4. The van der Waals surface area contributed by atoms with Crippen LogP contribution < -0.4 is 9.80 Å². The molecular weight excluding hydrogens is 428 g/mol. The molecule has 1 fully saturated rings. The summed E-state index contributed by atoms with van der Waals surface area (Å²) in [6, 6.07) is 15.2. The smallest absolute Gasteiger partial charge is 0.223 e. The van der Waals surface area contributed by atoms with E-state index in [9.17, 15) is 4.79 Å². The molecule has 1 saturated heterocycles. The largest absolute Gasteiger partial charge is 0.353 e. The summed E-state index contributed by atoms with van der Waals surface area (Å²) >= 11 is 1.60. The fraction of sp³-hybridized carbons (Fsp3) is 0.481. The zero-order valence-corrected chi connectivity index (χ0v) is 20.8. The van der Waals surface area contributed by atoms with Gasteiger partial charge in [-0.1, -0.05) is 44.2 Å². The normalized spacial score (nSPS) is 18.5. The molecule has 5 nitrogen and oxygen atoms in total. The average Bonchev–Trinajstić information content (AvgIpc) is 3.24. The minimum absolute atomic E-state index is 0.119. The highest BCUT2D eigenvalue weighted by atomic mass is 32.1. The van der Waals surface area contributed by atoms with Gasteiger partial charge in [-0.2, -0.15) is 4.37 Å². The minimum atomic E-state index is 0.119. The Labute approximate surface area is 201 Å². The van der Waals surface area contributed by atoms with E-state index >= 15 is 0 Å². The molecule has 0 N–H and O–H groups in total. The van der Waals surface area contributed by atoms with Gasteiger partial charge in [-0.05, 0) is 66.0 Å². The molecule has 0 aliphatic carbocycles. The van der Waals surface area contributed by atoms with Crippen LogP contribution in [0, 0.1) is 0 Å². The van der Waals surface area contributed by atoms with Crippen LogP contribution in [-0.4, -0.2) is 54.4 Å². The van der Waals surface area contributed by atoms with Crippen LogP contribution in [-0.2, 0) is 16.6 Å². The van der Waals surface area contributed by atoms with Gasteiger partial charge in [0.25, 0.3) is 0 Å². The molecule has 0 unspecified atom stereocenters. The summed E-state index contributed by atoms with van der Waals surface area (Å²) in [6.45, 7) is 12.4. The SMILES string of the molecule is CC(=O)N1CCC(C)(C)c2cccc(CCCN3CCN(c4nsc5ccccc45)CC3)c21. The van der Waals surface area contributed by atoms with Crippen molar-refractivity contribution in [3.05, 3.63) is 53.6 Å². The summed E-state index contributed by atoms with van der Waals surface area (Å²) in [5, 5.41) is 1.28. The van der Waals surface area contributed by atoms with E-state index in [-0.39, 0.29) is 11.3 Å². The zero-order chi connectivity index (χ0) is 23.0. The summed E-state index contributed by atoms with van der Waals surface area (Å²) in [5.74, 6) is 1.31. The van der Waals surface area contributed by atoms with Gasteiger partial charge in [0.1, 0.15) is 5.82 Å². The van der Waals surface area contributed by atoms with Crippen molar-refractivity contribution in [3.8, 4) is 0 Å². The first-order valence-electron chi connectivity index (χ1n) is 12.2. The molecule has 33 heavy (non-hydrogen) atoms. The maximum Gasteiger partial charge on any atom is 0.223 e. The summed E-state index contributed by atoms with van der Waals surface area (Å²) in [4.78, 5) is 19.4. The van der Waals surface area contributed by atoms with Crippen LogP contribution in [0.25, 0.3) is 10.1 Å². The van der Waals surface area contributed by atoms with Gasteiger partial charge in [-0.3, -0.25) is 9.69 Å². The maximum atomic E-state index is 12.4. The Balaban J connectivity index is 1.21. The van der Waals surface area contributed by atoms with Crippen LogP contribution in [0.2, 0.25) is 0 Å². The minimum Gasteiger partial charge on any atom is -0.353 e. The first-order valence-corrected chi connectivity index (χ1v) is 12.9. The van der Waals surface area contributed by atoms with Crippen molar-refractivity contribution < 1.29 is 4.79 Å². The van der Waals surface area contributed by atoms with Crippen LogP contribution in [0.3, 0.4) is 0 Å². The van der Waals surface area contributed by atoms with Gasteiger partial charge in [0, 0.05) is 45.0 Å². The molecular formula is C27H34N4OS. The monoisotopic (exact) mass is 462 g/mol. The molecule has 6 heteroatoms. The number of hydrogen-bond donors (Lipinski definition) is 0. The standard InChI is InChI=1S/C27H34N4OS/c1-20(32)31-15-13-27(2,3)23-11-6-8-21(25(23)31)9-7-14-29-16-18-30(19-17-29)26-22-10-4-5-12-24(22)33-28-26/h4-6,8,10-12H,7,9,13-19H2,1-3H3. The lowest BCUT2D eigenvalue weighted by molar-refractivity contribution is -0.116. The molecule has 3 heterocycles. The Bertz CT molecular complexity index is 1150. The van der Waals surface area contributed by atoms with E-state index in [0.717, 1.165) is 64.3 Å². The van der Waals surface area contributed by atoms with Gasteiger partial charge in [-0.25, -0.2) is 0 Å². The molecule has 0 saturated carbocycles. The zero-order valence-electron chi connectivity index (χ0n) is 20.0. The van der Waals surface area contributed by atoms with Crippen LogP contribution in [0.4, 0.5) is 11.5 Å². The molecule has 174 valence electrons. The number of piperazine rings is 1. The summed E-state index contributed by atoms with van der Waals surface area (Å²) in [7, 11) is 0. The third-order valence-electron chi connectivity index (χ3n) is 7.41. The molecule has 0 bridgehead atoms.